The smallest absolute Gasteiger partial charge is 0.325 e. The molecule has 0 unspecified atom stereocenters. The first kappa shape index (κ1) is 19.0. The quantitative estimate of drug-likeness (QED) is 0.840. The predicted molar refractivity (Wildman–Crippen MR) is 99.9 cm³/mol. The molecule has 1 N–H and O–H groups in total. The molecule has 1 saturated heterocycles. The van der Waals surface area contributed by atoms with Crippen molar-refractivity contribution in [2.24, 2.45) is 0 Å². The molecule has 1 aromatic rings. The number of methoxy groups -OCH3 is 2. The number of carboxylic acids is 1. The van der Waals surface area contributed by atoms with E-state index in [2.05, 4.69) is 9.80 Å². The number of aliphatic carboxylic acids is 1. The van der Waals surface area contributed by atoms with E-state index in [0.717, 1.165) is 38.2 Å². The lowest BCUT2D eigenvalue weighted by Crippen LogP contribution is -2.39. The van der Waals surface area contributed by atoms with Gasteiger partial charge in [0.15, 0.2) is 11.5 Å². The lowest BCUT2D eigenvalue weighted by atomic mass is 10.0. The lowest BCUT2D eigenvalue weighted by molar-refractivity contribution is -0.143. The molecule has 3 rings (SSSR count). The van der Waals surface area contributed by atoms with Crippen molar-refractivity contribution >= 4 is 5.97 Å². The van der Waals surface area contributed by atoms with Crippen molar-refractivity contribution in [3.05, 3.63) is 23.8 Å². The average molecular weight is 362 g/mol. The van der Waals surface area contributed by atoms with Gasteiger partial charge in [0.05, 0.1) is 14.2 Å². The van der Waals surface area contributed by atoms with Crippen LogP contribution in [0.4, 0.5) is 0 Å². The molecule has 2 fully saturated rings. The van der Waals surface area contributed by atoms with Crippen LogP contribution < -0.4 is 9.47 Å². The van der Waals surface area contributed by atoms with Crippen LogP contribution in [0.2, 0.25) is 0 Å². The van der Waals surface area contributed by atoms with Gasteiger partial charge in [-0.25, -0.2) is 0 Å². The summed E-state index contributed by atoms with van der Waals surface area (Å²) in [5.74, 6) is 0.369. The first-order valence-electron chi connectivity index (χ1n) is 9.57. The molecular weight excluding hydrogens is 332 g/mol. The minimum absolute atomic E-state index is 0.568. The Bertz CT molecular complexity index is 616. The van der Waals surface area contributed by atoms with Crippen LogP contribution >= 0.6 is 0 Å². The predicted octanol–water partition coefficient (Wildman–Crippen LogP) is 2.78. The van der Waals surface area contributed by atoms with E-state index in [1.807, 2.05) is 6.07 Å². The number of hydrogen-bond donors (Lipinski definition) is 1. The van der Waals surface area contributed by atoms with E-state index in [0.29, 0.717) is 17.5 Å². The third kappa shape index (κ3) is 4.13. The molecule has 0 aromatic heterocycles. The molecule has 0 spiro atoms. The zero-order valence-electron chi connectivity index (χ0n) is 15.8. The fourth-order valence-corrected chi connectivity index (χ4v) is 4.38. The Labute approximate surface area is 155 Å². The van der Waals surface area contributed by atoms with Gasteiger partial charge in [0, 0.05) is 25.7 Å². The highest BCUT2D eigenvalue weighted by Crippen LogP contribution is 2.33. The van der Waals surface area contributed by atoms with Gasteiger partial charge in [-0.3, -0.25) is 14.6 Å². The topological polar surface area (TPSA) is 62.2 Å². The van der Waals surface area contributed by atoms with Gasteiger partial charge >= 0.3 is 5.97 Å². The molecule has 0 radical (unpaired) electrons. The maximum absolute atomic E-state index is 12.1. The monoisotopic (exact) mass is 362 g/mol. The molecule has 6 heteroatoms. The Hall–Kier alpha value is -1.79. The minimum Gasteiger partial charge on any atom is -0.493 e. The van der Waals surface area contributed by atoms with Crippen LogP contribution in [-0.4, -0.2) is 67.3 Å². The highest BCUT2D eigenvalue weighted by atomic mass is 16.5. The van der Waals surface area contributed by atoms with Crippen LogP contribution in [-0.2, 0) is 4.79 Å². The molecule has 1 aliphatic carbocycles. The maximum atomic E-state index is 12.1. The van der Waals surface area contributed by atoms with Gasteiger partial charge in [0.2, 0.25) is 0 Å². The molecule has 0 bridgehead atoms. The second-order valence-electron chi connectivity index (χ2n) is 7.22. The fraction of sp³-hybridized carbons (Fsp3) is 0.650. The Morgan fingerprint density at radius 2 is 1.77 bits per heavy atom. The minimum atomic E-state index is -0.813. The van der Waals surface area contributed by atoms with Crippen molar-refractivity contribution in [3.8, 4) is 11.5 Å². The van der Waals surface area contributed by atoms with Crippen LogP contribution in [0.5, 0.6) is 11.5 Å². The number of nitrogens with zero attached hydrogens (tertiary/aromatic N) is 2. The van der Waals surface area contributed by atoms with Crippen LogP contribution in [0, 0.1) is 0 Å². The standard InChI is InChI=1S/C20H30N2O4/c1-25-17-9-8-15(14-18(17)26-2)19(20(23)24)22-11-5-10-21(12-13-22)16-6-3-4-7-16/h8-9,14,16,19H,3-7,10-13H2,1-2H3,(H,23,24)/t19-/m0/s1. The maximum Gasteiger partial charge on any atom is 0.325 e. The Morgan fingerprint density at radius 1 is 1.04 bits per heavy atom. The molecule has 1 heterocycles. The first-order valence-corrected chi connectivity index (χ1v) is 9.57. The van der Waals surface area contributed by atoms with E-state index < -0.39 is 12.0 Å². The van der Waals surface area contributed by atoms with E-state index in [9.17, 15) is 9.90 Å². The van der Waals surface area contributed by atoms with Gasteiger partial charge in [0.25, 0.3) is 0 Å². The van der Waals surface area contributed by atoms with Gasteiger partial charge in [-0.2, -0.15) is 0 Å². The summed E-state index contributed by atoms with van der Waals surface area (Å²) in [6.07, 6.45) is 6.24. The van der Waals surface area contributed by atoms with Crippen molar-refractivity contribution in [2.45, 2.75) is 44.2 Å². The zero-order valence-corrected chi connectivity index (χ0v) is 15.8. The third-order valence-corrected chi connectivity index (χ3v) is 5.73. The summed E-state index contributed by atoms with van der Waals surface area (Å²) in [5.41, 5.74) is 0.740. The number of hydrogen-bond acceptors (Lipinski definition) is 5. The number of carboxylic acid groups (broad SMARTS) is 1. The van der Waals surface area contributed by atoms with E-state index in [1.165, 1.54) is 25.7 Å². The highest BCUT2D eigenvalue weighted by molar-refractivity contribution is 5.76. The summed E-state index contributed by atoms with van der Waals surface area (Å²) >= 11 is 0. The molecule has 6 nitrogen and oxygen atoms in total. The molecule has 26 heavy (non-hydrogen) atoms. The van der Waals surface area contributed by atoms with Crippen molar-refractivity contribution in [1.29, 1.82) is 0 Å². The lowest BCUT2D eigenvalue weighted by Gasteiger charge is -2.29. The summed E-state index contributed by atoms with van der Waals surface area (Å²) in [6.45, 7) is 3.59. The summed E-state index contributed by atoms with van der Waals surface area (Å²) in [7, 11) is 3.15. The molecular formula is C20H30N2O4. The number of rotatable bonds is 6. The Morgan fingerprint density at radius 3 is 2.42 bits per heavy atom. The van der Waals surface area contributed by atoms with Gasteiger partial charge in [-0.1, -0.05) is 18.9 Å². The number of carbonyl (C=O) groups is 1. The van der Waals surface area contributed by atoms with E-state index >= 15 is 0 Å². The van der Waals surface area contributed by atoms with E-state index in [4.69, 9.17) is 9.47 Å². The molecule has 2 aliphatic rings. The molecule has 0 amide bonds. The van der Waals surface area contributed by atoms with Gasteiger partial charge in [-0.05, 0) is 43.5 Å². The van der Waals surface area contributed by atoms with Gasteiger partial charge < -0.3 is 14.6 Å². The second kappa shape index (κ2) is 8.73. The average Bonchev–Trinajstić information content (AvgIpc) is 3.08. The van der Waals surface area contributed by atoms with Crippen molar-refractivity contribution in [2.75, 3.05) is 40.4 Å². The summed E-state index contributed by atoms with van der Waals surface area (Å²) in [5, 5.41) is 9.91. The first-order chi connectivity index (χ1) is 12.6. The summed E-state index contributed by atoms with van der Waals surface area (Å²) in [6, 6.07) is 5.45. The normalized spacial score (nSPS) is 21.3. The highest BCUT2D eigenvalue weighted by Gasteiger charge is 2.31. The van der Waals surface area contributed by atoms with Gasteiger partial charge in [0.1, 0.15) is 6.04 Å². The van der Waals surface area contributed by atoms with E-state index in [-0.39, 0.29) is 0 Å². The second-order valence-corrected chi connectivity index (χ2v) is 7.22. The zero-order chi connectivity index (χ0) is 18.5. The van der Waals surface area contributed by atoms with Crippen LogP contribution in [0.3, 0.4) is 0 Å². The number of benzene rings is 1. The van der Waals surface area contributed by atoms with Crippen LogP contribution in [0.15, 0.2) is 18.2 Å². The van der Waals surface area contributed by atoms with Crippen molar-refractivity contribution in [3.63, 3.8) is 0 Å². The molecule has 1 atom stereocenters. The summed E-state index contributed by atoms with van der Waals surface area (Å²) in [4.78, 5) is 16.7. The molecule has 1 aromatic carbocycles. The fourth-order valence-electron chi connectivity index (χ4n) is 4.38. The third-order valence-electron chi connectivity index (χ3n) is 5.73. The largest absolute Gasteiger partial charge is 0.493 e. The van der Waals surface area contributed by atoms with Gasteiger partial charge in [-0.15, -0.1) is 0 Å². The van der Waals surface area contributed by atoms with Crippen LogP contribution in [0.1, 0.15) is 43.7 Å². The summed E-state index contributed by atoms with van der Waals surface area (Å²) < 4.78 is 10.6. The van der Waals surface area contributed by atoms with Crippen molar-refractivity contribution in [1.82, 2.24) is 9.80 Å². The van der Waals surface area contributed by atoms with Crippen LogP contribution in [0.25, 0.3) is 0 Å². The van der Waals surface area contributed by atoms with E-state index in [1.54, 1.807) is 26.4 Å². The molecule has 144 valence electrons. The molecule has 1 saturated carbocycles. The SMILES string of the molecule is COc1ccc([C@@H](C(=O)O)N2CCCN(C3CCCC3)CC2)cc1OC. The Balaban J connectivity index is 1.76. The number of ether oxygens (including phenoxy) is 2. The van der Waals surface area contributed by atoms with Crippen molar-refractivity contribution < 1.29 is 19.4 Å². The Kier molecular flexibility index (Phi) is 6.38. The molecule has 1 aliphatic heterocycles.